The molecule has 1 fully saturated rings. The Labute approximate surface area is 113 Å². The highest BCUT2D eigenvalue weighted by molar-refractivity contribution is 6.03. The first kappa shape index (κ1) is 12.8. The summed E-state index contributed by atoms with van der Waals surface area (Å²) < 4.78 is 31.8. The molecule has 0 saturated carbocycles. The van der Waals surface area contributed by atoms with Gasteiger partial charge in [-0.2, -0.15) is 4.98 Å². The number of halogens is 2. The fourth-order valence-electron chi connectivity index (χ4n) is 2.30. The average molecular weight is 281 g/mol. The smallest absolute Gasteiger partial charge is 0.298 e. The van der Waals surface area contributed by atoms with Crippen molar-refractivity contribution in [3.05, 3.63) is 23.8 Å². The number of amides is 1. The third-order valence-corrected chi connectivity index (χ3v) is 3.44. The van der Waals surface area contributed by atoms with Crippen LogP contribution in [0.25, 0.3) is 11.1 Å². The number of hydrogen-bond acceptors (Lipinski definition) is 4. The number of benzene rings is 1. The van der Waals surface area contributed by atoms with Crippen molar-refractivity contribution in [2.24, 2.45) is 5.73 Å². The molecule has 0 radical (unpaired) electrons. The van der Waals surface area contributed by atoms with Crippen LogP contribution in [0.5, 0.6) is 0 Å². The van der Waals surface area contributed by atoms with Crippen molar-refractivity contribution in [1.82, 2.24) is 4.98 Å². The van der Waals surface area contributed by atoms with E-state index in [0.717, 1.165) is 0 Å². The summed E-state index contributed by atoms with van der Waals surface area (Å²) in [6.07, 6.45) is -0.456. The van der Waals surface area contributed by atoms with Gasteiger partial charge in [0.2, 0.25) is 0 Å². The van der Waals surface area contributed by atoms with Crippen LogP contribution in [0.2, 0.25) is 0 Å². The zero-order valence-electron chi connectivity index (χ0n) is 10.6. The lowest BCUT2D eigenvalue weighted by Crippen LogP contribution is -2.39. The molecule has 1 amide bonds. The van der Waals surface area contributed by atoms with Crippen LogP contribution < -0.4 is 10.6 Å². The molecule has 5 nitrogen and oxygen atoms in total. The maximum absolute atomic E-state index is 13.1. The fraction of sp³-hybridized carbons (Fsp3) is 0.385. The van der Waals surface area contributed by atoms with Gasteiger partial charge in [0, 0.05) is 25.9 Å². The Morgan fingerprint density at radius 1 is 1.35 bits per heavy atom. The van der Waals surface area contributed by atoms with E-state index < -0.39 is 11.8 Å². The van der Waals surface area contributed by atoms with E-state index in [2.05, 4.69) is 4.98 Å². The van der Waals surface area contributed by atoms with Gasteiger partial charge in [0.15, 0.2) is 5.58 Å². The molecule has 1 aliphatic rings. The lowest BCUT2D eigenvalue weighted by atomic mass is 10.1. The first-order valence-electron chi connectivity index (χ1n) is 6.28. The number of rotatable bonds is 2. The SMILES string of the molecule is NC(=O)c1cccc2oc(N3CCC(F)(F)CC3)nc12. The number of nitrogens with zero attached hydrogens (tertiary/aromatic N) is 2. The molecule has 106 valence electrons. The number of nitrogens with two attached hydrogens (primary N) is 1. The van der Waals surface area contributed by atoms with Gasteiger partial charge in [0.05, 0.1) is 5.56 Å². The minimum Gasteiger partial charge on any atom is -0.423 e. The summed E-state index contributed by atoms with van der Waals surface area (Å²) in [7, 11) is 0. The summed E-state index contributed by atoms with van der Waals surface area (Å²) in [5.74, 6) is -3.22. The zero-order valence-corrected chi connectivity index (χ0v) is 10.6. The largest absolute Gasteiger partial charge is 0.423 e. The van der Waals surface area contributed by atoms with Gasteiger partial charge in [-0.15, -0.1) is 0 Å². The molecule has 0 bridgehead atoms. The van der Waals surface area contributed by atoms with E-state index >= 15 is 0 Å². The van der Waals surface area contributed by atoms with E-state index in [1.807, 2.05) is 0 Å². The molecule has 1 aliphatic heterocycles. The number of piperidine rings is 1. The summed E-state index contributed by atoms with van der Waals surface area (Å²) in [5.41, 5.74) is 6.33. The monoisotopic (exact) mass is 281 g/mol. The lowest BCUT2D eigenvalue weighted by Gasteiger charge is -2.30. The number of carbonyl (C=O) groups is 1. The van der Waals surface area contributed by atoms with Crippen LogP contribution in [-0.2, 0) is 0 Å². The third-order valence-electron chi connectivity index (χ3n) is 3.44. The van der Waals surface area contributed by atoms with E-state index in [-0.39, 0.29) is 37.5 Å². The Morgan fingerprint density at radius 3 is 2.70 bits per heavy atom. The van der Waals surface area contributed by atoms with E-state index in [0.29, 0.717) is 11.1 Å². The first-order valence-corrected chi connectivity index (χ1v) is 6.28. The number of fused-ring (bicyclic) bond motifs is 1. The van der Waals surface area contributed by atoms with Crippen LogP contribution in [0, 0.1) is 0 Å². The van der Waals surface area contributed by atoms with Crippen LogP contribution in [0.15, 0.2) is 22.6 Å². The molecular weight excluding hydrogens is 268 g/mol. The zero-order chi connectivity index (χ0) is 14.3. The third kappa shape index (κ3) is 2.19. The van der Waals surface area contributed by atoms with Crippen molar-refractivity contribution in [3.8, 4) is 0 Å². The van der Waals surface area contributed by atoms with Gasteiger partial charge < -0.3 is 15.1 Å². The van der Waals surface area contributed by atoms with Crippen molar-refractivity contribution in [2.75, 3.05) is 18.0 Å². The average Bonchev–Trinajstić information content (AvgIpc) is 2.81. The lowest BCUT2D eigenvalue weighted by molar-refractivity contribution is -0.0226. The maximum atomic E-state index is 13.1. The van der Waals surface area contributed by atoms with Crippen molar-refractivity contribution < 1.29 is 18.0 Å². The van der Waals surface area contributed by atoms with E-state index in [9.17, 15) is 13.6 Å². The number of alkyl halides is 2. The summed E-state index contributed by atoms with van der Waals surface area (Å²) in [6.45, 7) is 0.345. The number of aromatic nitrogens is 1. The van der Waals surface area contributed by atoms with Gasteiger partial charge in [-0.3, -0.25) is 4.79 Å². The highest BCUT2D eigenvalue weighted by Gasteiger charge is 2.35. The predicted octanol–water partition coefficient (Wildman–Crippen LogP) is 2.16. The molecule has 1 saturated heterocycles. The van der Waals surface area contributed by atoms with Crippen LogP contribution >= 0.6 is 0 Å². The molecule has 1 aromatic carbocycles. The van der Waals surface area contributed by atoms with Crippen LogP contribution in [0.4, 0.5) is 14.8 Å². The van der Waals surface area contributed by atoms with Gasteiger partial charge in [-0.05, 0) is 12.1 Å². The summed E-state index contributed by atoms with van der Waals surface area (Å²) in [5, 5.41) is 0. The van der Waals surface area contributed by atoms with Gasteiger partial charge in [0.25, 0.3) is 17.8 Å². The normalized spacial score (nSPS) is 18.4. The Morgan fingerprint density at radius 2 is 2.05 bits per heavy atom. The summed E-state index contributed by atoms with van der Waals surface area (Å²) in [6, 6.07) is 5.11. The molecule has 0 spiro atoms. The Balaban J connectivity index is 1.94. The van der Waals surface area contributed by atoms with E-state index in [4.69, 9.17) is 10.2 Å². The van der Waals surface area contributed by atoms with Crippen LogP contribution in [0.3, 0.4) is 0 Å². The molecule has 1 aromatic heterocycles. The van der Waals surface area contributed by atoms with Crippen molar-refractivity contribution in [2.45, 2.75) is 18.8 Å². The minimum atomic E-state index is -2.62. The second-order valence-corrected chi connectivity index (χ2v) is 4.86. The molecule has 0 unspecified atom stereocenters. The van der Waals surface area contributed by atoms with Crippen LogP contribution in [0.1, 0.15) is 23.2 Å². The van der Waals surface area contributed by atoms with E-state index in [1.54, 1.807) is 23.1 Å². The number of oxazole rings is 1. The summed E-state index contributed by atoms with van der Waals surface area (Å²) in [4.78, 5) is 17.2. The van der Waals surface area contributed by atoms with Crippen molar-refractivity contribution >= 4 is 23.0 Å². The number of primary amides is 1. The van der Waals surface area contributed by atoms with Crippen molar-refractivity contribution in [1.29, 1.82) is 0 Å². The Kier molecular flexibility index (Phi) is 2.84. The molecular formula is C13H13F2N3O2. The highest BCUT2D eigenvalue weighted by atomic mass is 19.3. The minimum absolute atomic E-state index is 0.172. The van der Waals surface area contributed by atoms with Gasteiger partial charge in [-0.25, -0.2) is 8.78 Å². The second kappa shape index (κ2) is 4.43. The summed E-state index contributed by atoms with van der Waals surface area (Å²) >= 11 is 0. The number of anilines is 1. The second-order valence-electron chi connectivity index (χ2n) is 4.86. The number of para-hydroxylation sites is 1. The number of carbonyl (C=O) groups excluding carboxylic acids is 1. The fourth-order valence-corrected chi connectivity index (χ4v) is 2.30. The Hall–Kier alpha value is -2.18. The quantitative estimate of drug-likeness (QED) is 0.915. The molecule has 0 aliphatic carbocycles. The molecule has 0 atom stereocenters. The van der Waals surface area contributed by atoms with Gasteiger partial charge >= 0.3 is 0 Å². The van der Waals surface area contributed by atoms with Crippen LogP contribution in [-0.4, -0.2) is 29.9 Å². The first-order chi connectivity index (χ1) is 9.46. The molecule has 3 rings (SSSR count). The van der Waals surface area contributed by atoms with Gasteiger partial charge in [-0.1, -0.05) is 6.07 Å². The highest BCUT2D eigenvalue weighted by Crippen LogP contribution is 2.32. The molecule has 7 heteroatoms. The topological polar surface area (TPSA) is 72.4 Å². The Bertz CT molecular complexity index is 659. The van der Waals surface area contributed by atoms with Gasteiger partial charge in [0.1, 0.15) is 5.52 Å². The molecule has 2 heterocycles. The number of hydrogen-bond donors (Lipinski definition) is 1. The predicted molar refractivity (Wildman–Crippen MR) is 68.9 cm³/mol. The van der Waals surface area contributed by atoms with E-state index in [1.165, 1.54) is 0 Å². The standard InChI is InChI=1S/C13H13F2N3O2/c14-13(15)4-6-18(7-5-13)12-17-10-8(11(16)19)2-1-3-9(10)20-12/h1-3H,4-7H2,(H2,16,19). The molecule has 2 aromatic rings. The van der Waals surface area contributed by atoms with Crippen molar-refractivity contribution in [3.63, 3.8) is 0 Å². The molecule has 2 N–H and O–H groups in total. The maximum Gasteiger partial charge on any atom is 0.298 e. The molecule has 20 heavy (non-hydrogen) atoms.